The number of halogens is 2. The van der Waals surface area contributed by atoms with Crippen LogP contribution < -0.4 is 15.5 Å². The number of hydrogen-bond donors (Lipinski definition) is 2. The average molecular weight is 494 g/mol. The van der Waals surface area contributed by atoms with Crippen molar-refractivity contribution in [3.8, 4) is 0 Å². The third-order valence-corrected chi connectivity index (χ3v) is 6.29. The van der Waals surface area contributed by atoms with Gasteiger partial charge in [-0.1, -0.05) is 47.5 Å². The van der Waals surface area contributed by atoms with E-state index < -0.39 is 11.8 Å². The predicted octanol–water partition coefficient (Wildman–Crippen LogP) is 5.95. The van der Waals surface area contributed by atoms with Crippen molar-refractivity contribution < 1.29 is 14.4 Å². The second-order valence-corrected chi connectivity index (χ2v) is 8.79. The van der Waals surface area contributed by atoms with Crippen molar-refractivity contribution in [2.24, 2.45) is 0 Å². The summed E-state index contributed by atoms with van der Waals surface area (Å²) in [7, 11) is 0. The maximum absolute atomic E-state index is 13.1. The van der Waals surface area contributed by atoms with Gasteiger partial charge in [0, 0.05) is 22.0 Å². The van der Waals surface area contributed by atoms with Gasteiger partial charge in [0.2, 0.25) is 0 Å². The fourth-order valence-corrected chi connectivity index (χ4v) is 3.97. The molecule has 6 nitrogen and oxygen atoms in total. The second kappa shape index (κ2) is 9.33. The molecule has 1 aliphatic rings. The van der Waals surface area contributed by atoms with Crippen molar-refractivity contribution in [3.05, 3.63) is 98.7 Å². The number of amides is 3. The van der Waals surface area contributed by atoms with Crippen molar-refractivity contribution >= 4 is 58.0 Å². The van der Waals surface area contributed by atoms with Gasteiger partial charge < -0.3 is 10.6 Å². The molecule has 0 saturated carbocycles. The molecule has 3 aromatic rings. The third-order valence-electron chi connectivity index (χ3n) is 5.71. The largest absolute Gasteiger partial charge is 0.349 e. The number of hydrogen-bond acceptors (Lipinski definition) is 4. The SMILES string of the molecule is Cc1ccc(C(=O)Nc2cccc(C)c2C)cc1NC1=C(Cl)C(=O)N(c2cccc(Cl)c2)C1=O. The summed E-state index contributed by atoms with van der Waals surface area (Å²) in [5, 5.41) is 6.02. The van der Waals surface area contributed by atoms with Gasteiger partial charge in [0.1, 0.15) is 10.7 Å². The molecule has 3 aromatic carbocycles. The standard InChI is InChI=1S/C26H21Cl2N3O3/c1-14-6-4-9-20(16(14)3)30-24(32)17-11-10-15(2)21(12-17)29-23-22(28)25(33)31(26(23)34)19-8-5-7-18(27)13-19/h4-13,29H,1-3H3,(H,30,32). The van der Waals surface area contributed by atoms with Crippen LogP contribution in [0.15, 0.2) is 71.4 Å². The molecule has 2 N–H and O–H groups in total. The number of carbonyl (C=O) groups excluding carboxylic acids is 3. The molecular formula is C26H21Cl2N3O3. The van der Waals surface area contributed by atoms with E-state index in [9.17, 15) is 14.4 Å². The van der Waals surface area contributed by atoms with Crippen LogP contribution in [0.2, 0.25) is 5.02 Å². The molecular weight excluding hydrogens is 473 g/mol. The number of rotatable bonds is 5. The molecule has 0 bridgehead atoms. The predicted molar refractivity (Wildman–Crippen MR) is 135 cm³/mol. The highest BCUT2D eigenvalue weighted by atomic mass is 35.5. The monoisotopic (exact) mass is 493 g/mol. The van der Waals surface area contributed by atoms with E-state index >= 15 is 0 Å². The summed E-state index contributed by atoms with van der Waals surface area (Å²) in [5.41, 5.74) is 4.65. The van der Waals surface area contributed by atoms with Crippen LogP contribution in [0.1, 0.15) is 27.0 Å². The molecule has 34 heavy (non-hydrogen) atoms. The summed E-state index contributed by atoms with van der Waals surface area (Å²) in [5.74, 6) is -1.56. The van der Waals surface area contributed by atoms with Crippen molar-refractivity contribution in [1.29, 1.82) is 0 Å². The number of anilines is 3. The van der Waals surface area contributed by atoms with Gasteiger partial charge in [-0.05, 0) is 73.9 Å². The average Bonchev–Trinajstić information content (AvgIpc) is 3.01. The Bertz CT molecular complexity index is 1380. The van der Waals surface area contributed by atoms with Gasteiger partial charge in [-0.3, -0.25) is 14.4 Å². The minimum atomic E-state index is -0.655. The summed E-state index contributed by atoms with van der Waals surface area (Å²) in [6.07, 6.45) is 0. The Kier molecular flexibility index (Phi) is 6.46. The second-order valence-electron chi connectivity index (χ2n) is 7.97. The topological polar surface area (TPSA) is 78.5 Å². The number of aryl methyl sites for hydroxylation is 2. The molecule has 8 heteroatoms. The lowest BCUT2D eigenvalue weighted by Gasteiger charge is -2.16. The Hall–Kier alpha value is -3.61. The van der Waals surface area contributed by atoms with Crippen molar-refractivity contribution in [2.75, 3.05) is 15.5 Å². The number of carbonyl (C=O) groups is 3. The van der Waals surface area contributed by atoms with Crippen LogP contribution in [-0.2, 0) is 9.59 Å². The van der Waals surface area contributed by atoms with E-state index in [-0.39, 0.29) is 16.6 Å². The number of nitrogens with one attached hydrogen (secondary N) is 2. The van der Waals surface area contributed by atoms with Gasteiger partial charge in [0.05, 0.1) is 5.69 Å². The van der Waals surface area contributed by atoms with E-state index in [2.05, 4.69) is 10.6 Å². The highest BCUT2D eigenvalue weighted by Gasteiger charge is 2.39. The van der Waals surface area contributed by atoms with E-state index in [1.54, 1.807) is 36.4 Å². The lowest BCUT2D eigenvalue weighted by molar-refractivity contribution is -0.120. The summed E-state index contributed by atoms with van der Waals surface area (Å²) in [4.78, 5) is 39.7. The number of benzene rings is 3. The first kappa shape index (κ1) is 23.5. The Morgan fingerprint density at radius 3 is 2.29 bits per heavy atom. The van der Waals surface area contributed by atoms with Gasteiger partial charge in [0.25, 0.3) is 17.7 Å². The number of nitrogens with zero attached hydrogens (tertiary/aromatic N) is 1. The summed E-state index contributed by atoms with van der Waals surface area (Å²) < 4.78 is 0. The first-order valence-corrected chi connectivity index (χ1v) is 11.2. The molecule has 4 rings (SSSR count). The molecule has 0 radical (unpaired) electrons. The Morgan fingerprint density at radius 2 is 1.56 bits per heavy atom. The highest BCUT2D eigenvalue weighted by molar-refractivity contribution is 6.53. The molecule has 0 aliphatic carbocycles. The van der Waals surface area contributed by atoms with Crippen molar-refractivity contribution in [1.82, 2.24) is 0 Å². The molecule has 0 saturated heterocycles. The van der Waals surface area contributed by atoms with E-state index in [0.29, 0.717) is 22.0 Å². The van der Waals surface area contributed by atoms with Crippen LogP contribution in [0.4, 0.5) is 17.1 Å². The molecule has 172 valence electrons. The van der Waals surface area contributed by atoms with Crippen LogP contribution in [0.25, 0.3) is 0 Å². The molecule has 3 amide bonds. The molecule has 0 unspecified atom stereocenters. The maximum atomic E-state index is 13.1. The van der Waals surface area contributed by atoms with E-state index in [1.165, 1.54) is 6.07 Å². The third kappa shape index (κ3) is 4.42. The lowest BCUT2D eigenvalue weighted by atomic mass is 10.1. The first-order chi connectivity index (χ1) is 16.2. The number of imide groups is 1. The van der Waals surface area contributed by atoms with E-state index in [4.69, 9.17) is 23.2 Å². The van der Waals surface area contributed by atoms with Gasteiger partial charge in [0.15, 0.2) is 0 Å². The van der Waals surface area contributed by atoms with Crippen molar-refractivity contribution in [2.45, 2.75) is 20.8 Å². The minimum Gasteiger partial charge on any atom is -0.349 e. The van der Waals surface area contributed by atoms with Crippen LogP contribution in [0, 0.1) is 20.8 Å². The molecule has 0 fully saturated rings. The fraction of sp³-hybridized carbons (Fsp3) is 0.115. The lowest BCUT2D eigenvalue weighted by Crippen LogP contribution is -2.32. The van der Waals surface area contributed by atoms with Crippen LogP contribution in [0.3, 0.4) is 0 Å². The zero-order chi connectivity index (χ0) is 24.6. The molecule has 0 atom stereocenters. The first-order valence-electron chi connectivity index (χ1n) is 10.5. The van der Waals surface area contributed by atoms with Gasteiger partial charge >= 0.3 is 0 Å². The van der Waals surface area contributed by atoms with Crippen LogP contribution in [0.5, 0.6) is 0 Å². The highest BCUT2D eigenvalue weighted by Crippen LogP contribution is 2.32. The maximum Gasteiger partial charge on any atom is 0.283 e. The molecule has 1 aliphatic heterocycles. The zero-order valence-electron chi connectivity index (χ0n) is 18.7. The van der Waals surface area contributed by atoms with Gasteiger partial charge in [-0.2, -0.15) is 0 Å². The normalized spacial score (nSPS) is 13.5. The summed E-state index contributed by atoms with van der Waals surface area (Å²) in [6, 6.07) is 17.1. The molecule has 0 spiro atoms. The van der Waals surface area contributed by atoms with Crippen molar-refractivity contribution in [3.63, 3.8) is 0 Å². The van der Waals surface area contributed by atoms with Gasteiger partial charge in [-0.15, -0.1) is 0 Å². The Balaban J connectivity index is 1.60. The van der Waals surface area contributed by atoms with E-state index in [1.807, 2.05) is 39.0 Å². The zero-order valence-corrected chi connectivity index (χ0v) is 20.2. The molecule has 0 aromatic heterocycles. The van der Waals surface area contributed by atoms with E-state index in [0.717, 1.165) is 27.3 Å². The quantitative estimate of drug-likeness (QED) is 0.430. The fourth-order valence-electron chi connectivity index (χ4n) is 3.57. The van der Waals surface area contributed by atoms with Crippen LogP contribution in [-0.4, -0.2) is 17.7 Å². The molecule has 1 heterocycles. The summed E-state index contributed by atoms with van der Waals surface area (Å²) in [6.45, 7) is 5.73. The Morgan fingerprint density at radius 1 is 0.824 bits per heavy atom. The van der Waals surface area contributed by atoms with Gasteiger partial charge in [-0.25, -0.2) is 4.90 Å². The smallest absolute Gasteiger partial charge is 0.283 e. The van der Waals surface area contributed by atoms with Crippen LogP contribution >= 0.6 is 23.2 Å². The minimum absolute atomic E-state index is 0.0678. The Labute approximate surface area is 207 Å². The summed E-state index contributed by atoms with van der Waals surface area (Å²) >= 11 is 12.3.